The molecule has 4 rings (SSSR count). The molecule has 1 aliphatic rings. The van der Waals surface area contributed by atoms with E-state index in [2.05, 4.69) is 4.98 Å². The molecule has 3 aromatic rings. The van der Waals surface area contributed by atoms with Crippen LogP contribution in [0.1, 0.15) is 18.6 Å². The number of carbonyl (C=O) groups is 1. The molecule has 0 saturated heterocycles. The van der Waals surface area contributed by atoms with E-state index in [0.717, 1.165) is 12.2 Å². The van der Waals surface area contributed by atoms with Crippen LogP contribution in [0, 0.1) is 0 Å². The van der Waals surface area contributed by atoms with Gasteiger partial charge in [0.05, 0.1) is 25.1 Å². The van der Waals surface area contributed by atoms with Crippen LogP contribution in [0.3, 0.4) is 0 Å². The van der Waals surface area contributed by atoms with Crippen molar-refractivity contribution in [2.75, 3.05) is 27.3 Å². The van der Waals surface area contributed by atoms with Crippen molar-refractivity contribution in [1.29, 1.82) is 0 Å². The molecule has 0 aliphatic carbocycles. The normalized spacial score (nSPS) is 13.8. The molecule has 1 aromatic carbocycles. The maximum absolute atomic E-state index is 13.1. The van der Waals surface area contributed by atoms with Gasteiger partial charge in [0.1, 0.15) is 18.2 Å². The first kappa shape index (κ1) is 19.9. The lowest BCUT2D eigenvalue weighted by atomic mass is 10.2. The predicted octanol–water partition coefficient (Wildman–Crippen LogP) is 1.26. The third kappa shape index (κ3) is 3.51. The Bertz CT molecular complexity index is 1150. The number of nitrogens with zero attached hydrogens (tertiary/aromatic N) is 5. The van der Waals surface area contributed by atoms with Crippen LogP contribution in [0.5, 0.6) is 11.5 Å². The molecule has 0 N–H and O–H groups in total. The molecule has 30 heavy (non-hydrogen) atoms. The number of amides is 1. The second kappa shape index (κ2) is 8.17. The van der Waals surface area contributed by atoms with Crippen molar-refractivity contribution < 1.29 is 14.3 Å². The lowest BCUT2D eigenvalue weighted by molar-refractivity contribution is -0.131. The largest absolute Gasteiger partial charge is 0.493 e. The maximum atomic E-state index is 13.1. The molecule has 1 amide bonds. The minimum absolute atomic E-state index is 0.0106. The average Bonchev–Trinajstić information content (AvgIpc) is 3.09. The Morgan fingerprint density at radius 2 is 1.90 bits per heavy atom. The van der Waals surface area contributed by atoms with Crippen molar-refractivity contribution in [1.82, 2.24) is 24.0 Å². The predicted molar refractivity (Wildman–Crippen MR) is 111 cm³/mol. The Balaban J connectivity index is 1.61. The lowest BCUT2D eigenvalue weighted by Crippen LogP contribution is -2.36. The van der Waals surface area contributed by atoms with E-state index in [0.29, 0.717) is 54.3 Å². The van der Waals surface area contributed by atoms with Crippen LogP contribution in [-0.2, 0) is 30.7 Å². The van der Waals surface area contributed by atoms with Crippen molar-refractivity contribution in [2.45, 2.75) is 32.9 Å². The smallest absolute Gasteiger partial charge is 0.261 e. The summed E-state index contributed by atoms with van der Waals surface area (Å²) in [5.74, 6) is 2.58. The second-order valence-corrected chi connectivity index (χ2v) is 7.16. The lowest BCUT2D eigenvalue weighted by Gasteiger charge is -2.20. The Labute approximate surface area is 173 Å². The number of fused-ring (bicyclic) bond motifs is 2. The third-order valence-electron chi connectivity index (χ3n) is 5.51. The minimum atomic E-state index is -0.131. The first-order valence-corrected chi connectivity index (χ1v) is 9.99. The quantitative estimate of drug-likeness (QED) is 0.628. The van der Waals surface area contributed by atoms with Crippen molar-refractivity contribution in [2.24, 2.45) is 0 Å². The summed E-state index contributed by atoms with van der Waals surface area (Å²) in [6, 6.07) is 3.38. The molecular formula is C21H25N5O4. The number of methoxy groups -OCH3 is 2. The number of ether oxygens (including phenoxy) is 2. The van der Waals surface area contributed by atoms with Crippen molar-refractivity contribution >= 4 is 16.8 Å². The van der Waals surface area contributed by atoms with Crippen molar-refractivity contribution in [3.05, 3.63) is 46.5 Å². The van der Waals surface area contributed by atoms with Gasteiger partial charge < -0.3 is 18.9 Å². The van der Waals surface area contributed by atoms with E-state index in [1.165, 1.54) is 7.11 Å². The SMILES string of the molecule is CCc1nccn1CC(=O)N1CCc2nc3cc(OC)c(OC)cc3c(=O)n2CC1. The highest BCUT2D eigenvalue weighted by molar-refractivity contribution is 5.82. The third-order valence-corrected chi connectivity index (χ3v) is 5.51. The molecule has 158 valence electrons. The molecule has 0 atom stereocenters. The van der Waals surface area contributed by atoms with Gasteiger partial charge in [-0.2, -0.15) is 0 Å². The molecule has 0 bridgehead atoms. The molecule has 0 unspecified atom stereocenters. The molecule has 9 heteroatoms. The zero-order chi connectivity index (χ0) is 21.3. The molecular weight excluding hydrogens is 386 g/mol. The van der Waals surface area contributed by atoms with Gasteiger partial charge in [-0.25, -0.2) is 9.97 Å². The monoisotopic (exact) mass is 411 g/mol. The Hall–Kier alpha value is -3.36. The molecule has 2 aromatic heterocycles. The molecule has 1 aliphatic heterocycles. The summed E-state index contributed by atoms with van der Waals surface area (Å²) in [4.78, 5) is 36.7. The highest BCUT2D eigenvalue weighted by Crippen LogP contribution is 2.30. The fourth-order valence-corrected chi connectivity index (χ4v) is 3.88. The summed E-state index contributed by atoms with van der Waals surface area (Å²) in [6.45, 7) is 3.64. The van der Waals surface area contributed by atoms with Crippen LogP contribution in [0.15, 0.2) is 29.3 Å². The van der Waals surface area contributed by atoms with Gasteiger partial charge in [0.2, 0.25) is 5.91 Å². The Kier molecular flexibility index (Phi) is 5.43. The van der Waals surface area contributed by atoms with E-state index in [1.807, 2.05) is 17.7 Å². The van der Waals surface area contributed by atoms with Crippen molar-refractivity contribution in [3.8, 4) is 11.5 Å². The topological polar surface area (TPSA) is 91.5 Å². The summed E-state index contributed by atoms with van der Waals surface area (Å²) >= 11 is 0. The zero-order valence-corrected chi connectivity index (χ0v) is 17.4. The van der Waals surface area contributed by atoms with Crippen molar-refractivity contribution in [3.63, 3.8) is 0 Å². The molecule has 0 spiro atoms. The second-order valence-electron chi connectivity index (χ2n) is 7.16. The van der Waals surface area contributed by atoms with E-state index in [1.54, 1.807) is 34.9 Å². The number of aryl methyl sites for hydroxylation is 1. The summed E-state index contributed by atoms with van der Waals surface area (Å²) in [5, 5.41) is 0.474. The number of benzene rings is 1. The number of aromatic nitrogens is 4. The van der Waals surface area contributed by atoms with Gasteiger partial charge in [-0.05, 0) is 6.07 Å². The standard InChI is InChI=1S/C21H25N5O4/c1-4-18-22-6-8-25(18)13-20(27)24-7-5-19-23-15-12-17(30-3)16(29-2)11-14(15)21(28)26(19)10-9-24/h6,8,11-12H,4-5,7,9-10,13H2,1-3H3. The Morgan fingerprint density at radius 1 is 1.13 bits per heavy atom. The fourth-order valence-electron chi connectivity index (χ4n) is 3.88. The fraction of sp³-hybridized carbons (Fsp3) is 0.429. The van der Waals surface area contributed by atoms with E-state index in [-0.39, 0.29) is 18.0 Å². The average molecular weight is 411 g/mol. The summed E-state index contributed by atoms with van der Waals surface area (Å²) in [6.07, 6.45) is 4.81. The van der Waals surface area contributed by atoms with Gasteiger partial charge in [-0.15, -0.1) is 0 Å². The van der Waals surface area contributed by atoms with Gasteiger partial charge >= 0.3 is 0 Å². The van der Waals surface area contributed by atoms with Crippen LogP contribution in [0.4, 0.5) is 0 Å². The van der Waals surface area contributed by atoms with E-state index >= 15 is 0 Å². The summed E-state index contributed by atoms with van der Waals surface area (Å²) < 4.78 is 14.2. The van der Waals surface area contributed by atoms with E-state index in [4.69, 9.17) is 14.5 Å². The molecule has 3 heterocycles. The van der Waals surface area contributed by atoms with Crippen LogP contribution in [0.2, 0.25) is 0 Å². The van der Waals surface area contributed by atoms with Gasteiger partial charge in [0.15, 0.2) is 11.5 Å². The van der Waals surface area contributed by atoms with Gasteiger partial charge in [0.25, 0.3) is 5.56 Å². The van der Waals surface area contributed by atoms with Gasteiger partial charge in [-0.1, -0.05) is 6.92 Å². The van der Waals surface area contributed by atoms with Crippen LogP contribution < -0.4 is 15.0 Å². The number of rotatable bonds is 5. The number of hydrogen-bond donors (Lipinski definition) is 0. The minimum Gasteiger partial charge on any atom is -0.493 e. The van der Waals surface area contributed by atoms with Gasteiger partial charge in [0, 0.05) is 50.9 Å². The number of hydrogen-bond acceptors (Lipinski definition) is 6. The van der Waals surface area contributed by atoms with Crippen LogP contribution in [-0.4, -0.2) is 57.2 Å². The number of carbonyl (C=O) groups excluding carboxylic acids is 1. The highest BCUT2D eigenvalue weighted by atomic mass is 16.5. The molecule has 0 saturated carbocycles. The summed E-state index contributed by atoms with van der Waals surface area (Å²) in [5.41, 5.74) is 0.433. The van der Waals surface area contributed by atoms with Gasteiger partial charge in [-0.3, -0.25) is 14.2 Å². The molecule has 9 nitrogen and oxygen atoms in total. The maximum Gasteiger partial charge on any atom is 0.261 e. The first-order chi connectivity index (χ1) is 14.5. The van der Waals surface area contributed by atoms with E-state index < -0.39 is 0 Å². The first-order valence-electron chi connectivity index (χ1n) is 9.99. The van der Waals surface area contributed by atoms with Crippen LogP contribution >= 0.6 is 0 Å². The highest BCUT2D eigenvalue weighted by Gasteiger charge is 2.22. The Morgan fingerprint density at radius 3 is 2.63 bits per heavy atom. The summed E-state index contributed by atoms with van der Waals surface area (Å²) in [7, 11) is 3.08. The van der Waals surface area contributed by atoms with Crippen LogP contribution in [0.25, 0.3) is 10.9 Å². The number of imidazole rings is 1. The molecule has 0 fully saturated rings. The van der Waals surface area contributed by atoms with E-state index in [9.17, 15) is 9.59 Å². The zero-order valence-electron chi connectivity index (χ0n) is 17.4. The molecule has 0 radical (unpaired) electrons.